The van der Waals surface area contributed by atoms with E-state index >= 15 is 0 Å². The molecule has 0 saturated carbocycles. The molecule has 1 aromatic carbocycles. The number of rotatable bonds is 10. The van der Waals surface area contributed by atoms with Gasteiger partial charge in [0.15, 0.2) is 0 Å². The number of hydrogen-bond acceptors (Lipinski definition) is 2. The fourth-order valence-electron chi connectivity index (χ4n) is 2.37. The SMILES string of the molecule is C=CC[C@@H]([C@@H](O)CC)[C@@H](C=C)COCc1ccccc1. The highest BCUT2D eigenvalue weighted by atomic mass is 16.5. The Morgan fingerprint density at radius 3 is 2.50 bits per heavy atom. The minimum absolute atomic E-state index is 0.130. The quantitative estimate of drug-likeness (QED) is 0.654. The van der Waals surface area contributed by atoms with Crippen molar-refractivity contribution in [2.24, 2.45) is 11.8 Å². The molecule has 2 nitrogen and oxygen atoms in total. The highest BCUT2D eigenvalue weighted by Crippen LogP contribution is 2.24. The molecule has 0 heterocycles. The molecule has 20 heavy (non-hydrogen) atoms. The second kappa shape index (κ2) is 9.51. The number of aliphatic hydroxyl groups excluding tert-OH is 1. The van der Waals surface area contributed by atoms with Gasteiger partial charge >= 0.3 is 0 Å². The van der Waals surface area contributed by atoms with E-state index in [1.807, 2.05) is 49.4 Å². The van der Waals surface area contributed by atoms with Crippen LogP contribution in [-0.2, 0) is 11.3 Å². The van der Waals surface area contributed by atoms with E-state index < -0.39 is 0 Å². The van der Waals surface area contributed by atoms with Crippen LogP contribution in [0.2, 0.25) is 0 Å². The van der Waals surface area contributed by atoms with Gasteiger partial charge in [0.25, 0.3) is 0 Å². The molecular weight excluding hydrogens is 248 g/mol. The lowest BCUT2D eigenvalue weighted by molar-refractivity contribution is 0.0314. The number of benzene rings is 1. The van der Waals surface area contributed by atoms with Crippen molar-refractivity contribution in [3.05, 3.63) is 61.2 Å². The normalized spacial score (nSPS) is 15.3. The Balaban J connectivity index is 2.51. The van der Waals surface area contributed by atoms with Gasteiger partial charge in [-0.15, -0.1) is 13.2 Å². The van der Waals surface area contributed by atoms with E-state index in [2.05, 4.69) is 13.2 Å². The van der Waals surface area contributed by atoms with Crippen LogP contribution in [0.5, 0.6) is 0 Å². The van der Waals surface area contributed by atoms with Crippen LogP contribution < -0.4 is 0 Å². The van der Waals surface area contributed by atoms with E-state index in [1.54, 1.807) is 0 Å². The van der Waals surface area contributed by atoms with Gasteiger partial charge in [-0.05, 0) is 24.3 Å². The zero-order chi connectivity index (χ0) is 14.8. The molecule has 0 amide bonds. The van der Waals surface area contributed by atoms with Crippen molar-refractivity contribution in [3.63, 3.8) is 0 Å². The Kier molecular flexibility index (Phi) is 7.93. The fourth-order valence-corrected chi connectivity index (χ4v) is 2.37. The lowest BCUT2D eigenvalue weighted by atomic mass is 9.84. The average Bonchev–Trinajstić information content (AvgIpc) is 2.50. The van der Waals surface area contributed by atoms with Gasteiger partial charge in [-0.1, -0.05) is 49.4 Å². The lowest BCUT2D eigenvalue weighted by Crippen LogP contribution is -2.29. The van der Waals surface area contributed by atoms with Crippen LogP contribution in [-0.4, -0.2) is 17.8 Å². The summed E-state index contributed by atoms with van der Waals surface area (Å²) in [5, 5.41) is 10.1. The number of aliphatic hydroxyl groups is 1. The third-order valence-corrected chi connectivity index (χ3v) is 3.63. The first-order chi connectivity index (χ1) is 9.72. The summed E-state index contributed by atoms with van der Waals surface area (Å²) < 4.78 is 5.78. The Hall–Kier alpha value is -1.38. The van der Waals surface area contributed by atoms with E-state index in [0.29, 0.717) is 13.2 Å². The molecule has 2 heteroatoms. The van der Waals surface area contributed by atoms with E-state index in [1.165, 1.54) is 0 Å². The monoisotopic (exact) mass is 274 g/mol. The van der Waals surface area contributed by atoms with Crippen LogP contribution in [0, 0.1) is 11.8 Å². The molecule has 0 aliphatic heterocycles. The Morgan fingerprint density at radius 1 is 1.25 bits per heavy atom. The first-order valence-electron chi connectivity index (χ1n) is 7.26. The maximum absolute atomic E-state index is 10.1. The van der Waals surface area contributed by atoms with E-state index in [-0.39, 0.29) is 17.9 Å². The molecule has 1 N–H and O–H groups in total. The first kappa shape index (κ1) is 16.7. The topological polar surface area (TPSA) is 29.5 Å². The largest absolute Gasteiger partial charge is 0.393 e. The minimum Gasteiger partial charge on any atom is -0.393 e. The smallest absolute Gasteiger partial charge is 0.0717 e. The van der Waals surface area contributed by atoms with Gasteiger partial charge < -0.3 is 9.84 Å². The Bertz CT molecular complexity index is 386. The molecular formula is C18H26O2. The molecule has 0 radical (unpaired) electrons. The highest BCUT2D eigenvalue weighted by Gasteiger charge is 2.24. The molecule has 1 rings (SSSR count). The van der Waals surface area contributed by atoms with Crippen molar-refractivity contribution >= 4 is 0 Å². The summed E-state index contributed by atoms with van der Waals surface area (Å²) in [5.74, 6) is 0.275. The van der Waals surface area contributed by atoms with Gasteiger partial charge in [0, 0.05) is 5.92 Å². The van der Waals surface area contributed by atoms with Gasteiger partial charge in [0.1, 0.15) is 0 Å². The fraction of sp³-hybridized carbons (Fsp3) is 0.444. The van der Waals surface area contributed by atoms with Crippen molar-refractivity contribution in [1.29, 1.82) is 0 Å². The molecule has 0 aliphatic carbocycles. The van der Waals surface area contributed by atoms with E-state index in [0.717, 1.165) is 18.4 Å². The number of hydrogen-bond donors (Lipinski definition) is 1. The van der Waals surface area contributed by atoms with Gasteiger partial charge in [-0.25, -0.2) is 0 Å². The first-order valence-corrected chi connectivity index (χ1v) is 7.26. The molecule has 3 atom stereocenters. The second-order valence-electron chi connectivity index (χ2n) is 5.06. The van der Waals surface area contributed by atoms with Crippen molar-refractivity contribution in [2.75, 3.05) is 6.61 Å². The van der Waals surface area contributed by atoms with Crippen LogP contribution >= 0.6 is 0 Å². The van der Waals surface area contributed by atoms with Crippen LogP contribution in [0.15, 0.2) is 55.6 Å². The van der Waals surface area contributed by atoms with Crippen molar-refractivity contribution in [3.8, 4) is 0 Å². The third-order valence-electron chi connectivity index (χ3n) is 3.63. The number of ether oxygens (including phenoxy) is 1. The average molecular weight is 274 g/mol. The third kappa shape index (κ3) is 5.32. The predicted molar refractivity (Wildman–Crippen MR) is 84.4 cm³/mol. The molecule has 1 aromatic rings. The summed E-state index contributed by atoms with van der Waals surface area (Å²) in [7, 11) is 0. The minimum atomic E-state index is -0.337. The van der Waals surface area contributed by atoms with E-state index in [4.69, 9.17) is 4.74 Å². The van der Waals surface area contributed by atoms with E-state index in [9.17, 15) is 5.11 Å². The standard InChI is InChI=1S/C18H26O2/c1-4-10-17(18(19)6-3)16(5-2)14-20-13-15-11-8-7-9-12-15/h4-5,7-9,11-12,16-19H,1-2,6,10,13-14H2,3H3/t16-,17+,18-/m0/s1. The predicted octanol–water partition coefficient (Wildman–Crippen LogP) is 3.97. The molecule has 0 spiro atoms. The van der Waals surface area contributed by atoms with Crippen molar-refractivity contribution < 1.29 is 9.84 Å². The van der Waals surface area contributed by atoms with Crippen LogP contribution in [0.25, 0.3) is 0 Å². The highest BCUT2D eigenvalue weighted by molar-refractivity contribution is 5.13. The van der Waals surface area contributed by atoms with Crippen LogP contribution in [0.4, 0.5) is 0 Å². The summed E-state index contributed by atoms with van der Waals surface area (Å²) in [6, 6.07) is 10.1. The molecule has 0 aliphatic rings. The van der Waals surface area contributed by atoms with Gasteiger partial charge in [-0.2, -0.15) is 0 Å². The molecule has 0 saturated heterocycles. The summed E-state index contributed by atoms with van der Waals surface area (Å²) in [6.45, 7) is 10.8. The Labute approximate surface area is 122 Å². The summed E-state index contributed by atoms with van der Waals surface area (Å²) in [6.07, 6.45) is 4.92. The lowest BCUT2D eigenvalue weighted by Gasteiger charge is -2.27. The van der Waals surface area contributed by atoms with Gasteiger partial charge in [-0.3, -0.25) is 0 Å². The molecule has 0 fully saturated rings. The van der Waals surface area contributed by atoms with Crippen molar-refractivity contribution in [1.82, 2.24) is 0 Å². The van der Waals surface area contributed by atoms with Gasteiger partial charge in [0.2, 0.25) is 0 Å². The summed E-state index contributed by atoms with van der Waals surface area (Å²) in [4.78, 5) is 0. The molecule has 0 bridgehead atoms. The Morgan fingerprint density at radius 2 is 1.95 bits per heavy atom. The zero-order valence-electron chi connectivity index (χ0n) is 12.4. The van der Waals surface area contributed by atoms with Crippen LogP contribution in [0.3, 0.4) is 0 Å². The molecule has 0 aromatic heterocycles. The molecule has 110 valence electrons. The zero-order valence-corrected chi connectivity index (χ0v) is 12.4. The maximum atomic E-state index is 10.1. The van der Waals surface area contributed by atoms with Gasteiger partial charge in [0.05, 0.1) is 19.3 Å². The summed E-state index contributed by atoms with van der Waals surface area (Å²) >= 11 is 0. The maximum Gasteiger partial charge on any atom is 0.0717 e. The van der Waals surface area contributed by atoms with Crippen molar-refractivity contribution in [2.45, 2.75) is 32.5 Å². The van der Waals surface area contributed by atoms with Crippen LogP contribution in [0.1, 0.15) is 25.3 Å². The number of allylic oxidation sites excluding steroid dienone is 1. The summed E-state index contributed by atoms with van der Waals surface area (Å²) in [5.41, 5.74) is 1.16. The second-order valence-corrected chi connectivity index (χ2v) is 5.06. The molecule has 0 unspecified atom stereocenters.